The van der Waals surface area contributed by atoms with E-state index in [2.05, 4.69) is 6.58 Å². The summed E-state index contributed by atoms with van der Waals surface area (Å²) in [7, 11) is 1.40. The molecule has 2 aromatic carbocycles. The topological polar surface area (TPSA) is 35.5 Å². The van der Waals surface area contributed by atoms with Crippen molar-refractivity contribution >= 4 is 5.97 Å². The Balaban J connectivity index is 2.23. The average molecular weight is 310 g/mol. The minimum Gasteiger partial charge on any atom is -0.469 e. The number of ether oxygens (including phenoxy) is 2. The first-order valence-corrected chi connectivity index (χ1v) is 7.65. The van der Waals surface area contributed by atoms with E-state index in [1.165, 1.54) is 7.11 Å². The van der Waals surface area contributed by atoms with Gasteiger partial charge < -0.3 is 9.47 Å². The zero-order valence-corrected chi connectivity index (χ0v) is 13.4. The molecule has 0 bridgehead atoms. The molecule has 0 unspecified atom stereocenters. The highest BCUT2D eigenvalue weighted by Crippen LogP contribution is 2.31. The third-order valence-electron chi connectivity index (χ3n) is 3.69. The number of hydrogen-bond donors (Lipinski definition) is 0. The van der Waals surface area contributed by atoms with Crippen LogP contribution in [0.25, 0.3) is 0 Å². The van der Waals surface area contributed by atoms with Crippen LogP contribution in [0.3, 0.4) is 0 Å². The third-order valence-corrected chi connectivity index (χ3v) is 3.69. The number of rotatable bonds is 8. The maximum Gasteiger partial charge on any atom is 0.311 e. The normalized spacial score (nSPS) is 13.1. The van der Waals surface area contributed by atoms with Gasteiger partial charge >= 0.3 is 5.97 Å². The van der Waals surface area contributed by atoms with Gasteiger partial charge in [0.15, 0.2) is 0 Å². The van der Waals surface area contributed by atoms with Gasteiger partial charge in [-0.15, -0.1) is 6.58 Å². The lowest BCUT2D eigenvalue weighted by atomic mass is 9.92. The molecular formula is C20H22O3. The Morgan fingerprint density at radius 3 is 2.26 bits per heavy atom. The van der Waals surface area contributed by atoms with Crippen molar-refractivity contribution in [3.63, 3.8) is 0 Å². The van der Waals surface area contributed by atoms with E-state index in [4.69, 9.17) is 9.47 Å². The van der Waals surface area contributed by atoms with Gasteiger partial charge in [-0.3, -0.25) is 4.79 Å². The fraction of sp³-hybridized carbons (Fsp3) is 0.250. The number of carbonyl (C=O) groups is 1. The first-order chi connectivity index (χ1) is 11.3. The van der Waals surface area contributed by atoms with Crippen molar-refractivity contribution in [1.29, 1.82) is 0 Å². The van der Waals surface area contributed by atoms with Gasteiger partial charge in [0.05, 0.1) is 25.7 Å². The van der Waals surface area contributed by atoms with Crippen molar-refractivity contribution in [3.05, 3.63) is 84.4 Å². The predicted molar refractivity (Wildman–Crippen MR) is 90.7 cm³/mol. The molecule has 0 heterocycles. The number of methoxy groups -OCH3 is 1. The standard InChI is InChI=1S/C20H22O3/c1-3-10-18(20(21)22-2)19(17-13-8-5-9-14-17)23-15-16-11-6-4-7-12-16/h3-9,11-14,18-19H,1,10,15H2,2H3/t18-,19+/m0/s1. The first-order valence-electron chi connectivity index (χ1n) is 7.65. The fourth-order valence-corrected chi connectivity index (χ4v) is 2.52. The molecule has 0 aromatic heterocycles. The number of esters is 1. The Labute approximate surface area is 137 Å². The van der Waals surface area contributed by atoms with E-state index in [0.717, 1.165) is 11.1 Å². The van der Waals surface area contributed by atoms with Crippen molar-refractivity contribution in [1.82, 2.24) is 0 Å². The predicted octanol–water partition coefficient (Wildman–Crippen LogP) is 4.31. The molecular weight excluding hydrogens is 288 g/mol. The van der Waals surface area contributed by atoms with Crippen LogP contribution in [0.15, 0.2) is 73.3 Å². The average Bonchev–Trinajstić information content (AvgIpc) is 2.62. The molecule has 0 saturated carbocycles. The third kappa shape index (κ3) is 4.80. The fourth-order valence-electron chi connectivity index (χ4n) is 2.52. The lowest BCUT2D eigenvalue weighted by Gasteiger charge is -2.25. The molecule has 2 aromatic rings. The van der Waals surface area contributed by atoms with Crippen LogP contribution in [0.1, 0.15) is 23.7 Å². The minimum atomic E-state index is -0.413. The summed E-state index contributed by atoms with van der Waals surface area (Å²) >= 11 is 0. The van der Waals surface area contributed by atoms with Crippen molar-refractivity contribution in [2.24, 2.45) is 5.92 Å². The van der Waals surface area contributed by atoms with E-state index >= 15 is 0 Å². The lowest BCUT2D eigenvalue weighted by Crippen LogP contribution is -2.25. The molecule has 0 saturated heterocycles. The van der Waals surface area contributed by atoms with Crippen LogP contribution >= 0.6 is 0 Å². The van der Waals surface area contributed by atoms with Gasteiger partial charge in [0, 0.05) is 0 Å². The van der Waals surface area contributed by atoms with Crippen molar-refractivity contribution in [2.45, 2.75) is 19.1 Å². The number of allylic oxidation sites excluding steroid dienone is 1. The molecule has 0 aliphatic heterocycles. The van der Waals surface area contributed by atoms with Gasteiger partial charge in [-0.2, -0.15) is 0 Å². The Morgan fingerprint density at radius 1 is 1.09 bits per heavy atom. The van der Waals surface area contributed by atoms with E-state index in [1.807, 2.05) is 60.7 Å². The summed E-state index contributed by atoms with van der Waals surface area (Å²) in [6.07, 6.45) is 1.85. The second kappa shape index (κ2) is 8.91. The van der Waals surface area contributed by atoms with E-state index < -0.39 is 5.92 Å². The zero-order chi connectivity index (χ0) is 16.5. The highest BCUT2D eigenvalue weighted by atomic mass is 16.5. The molecule has 0 N–H and O–H groups in total. The maximum atomic E-state index is 12.2. The van der Waals surface area contributed by atoms with Crippen LogP contribution in [0, 0.1) is 5.92 Å². The molecule has 2 atom stereocenters. The van der Waals surface area contributed by atoms with E-state index in [9.17, 15) is 4.79 Å². The van der Waals surface area contributed by atoms with Crippen LogP contribution in [0.5, 0.6) is 0 Å². The largest absolute Gasteiger partial charge is 0.469 e. The summed E-state index contributed by atoms with van der Waals surface area (Å²) in [5, 5.41) is 0. The number of carbonyl (C=O) groups excluding carboxylic acids is 1. The molecule has 2 rings (SSSR count). The number of hydrogen-bond acceptors (Lipinski definition) is 3. The van der Waals surface area contributed by atoms with Crippen LogP contribution in [-0.2, 0) is 20.9 Å². The molecule has 0 aliphatic rings. The zero-order valence-electron chi connectivity index (χ0n) is 13.4. The van der Waals surface area contributed by atoms with E-state index in [0.29, 0.717) is 13.0 Å². The highest BCUT2D eigenvalue weighted by Gasteiger charge is 2.30. The molecule has 0 spiro atoms. The van der Waals surface area contributed by atoms with Crippen molar-refractivity contribution < 1.29 is 14.3 Å². The SMILES string of the molecule is C=CC[C@H](C(=O)OC)[C@H](OCc1ccccc1)c1ccccc1. The van der Waals surface area contributed by atoms with Crippen LogP contribution in [-0.4, -0.2) is 13.1 Å². The van der Waals surface area contributed by atoms with E-state index in [-0.39, 0.29) is 12.1 Å². The Hall–Kier alpha value is -2.39. The Bertz CT molecular complexity index is 607. The Morgan fingerprint density at radius 2 is 1.70 bits per heavy atom. The molecule has 120 valence electrons. The summed E-state index contributed by atoms with van der Waals surface area (Å²) in [4.78, 5) is 12.2. The molecule has 0 radical (unpaired) electrons. The highest BCUT2D eigenvalue weighted by molar-refractivity contribution is 5.73. The quantitative estimate of drug-likeness (QED) is 0.538. The molecule has 0 amide bonds. The first kappa shape index (κ1) is 17.0. The maximum absolute atomic E-state index is 12.2. The van der Waals surface area contributed by atoms with Crippen LogP contribution in [0.2, 0.25) is 0 Å². The van der Waals surface area contributed by atoms with Crippen molar-refractivity contribution in [3.8, 4) is 0 Å². The Kier molecular flexibility index (Phi) is 6.57. The van der Waals surface area contributed by atoms with Crippen LogP contribution < -0.4 is 0 Å². The molecule has 3 nitrogen and oxygen atoms in total. The van der Waals surface area contributed by atoms with Gasteiger partial charge in [-0.1, -0.05) is 66.7 Å². The second-order valence-corrected chi connectivity index (χ2v) is 5.28. The summed E-state index contributed by atoms with van der Waals surface area (Å²) in [6.45, 7) is 4.18. The lowest BCUT2D eigenvalue weighted by molar-refractivity contribution is -0.152. The van der Waals surface area contributed by atoms with Gasteiger partial charge in [0.1, 0.15) is 0 Å². The van der Waals surface area contributed by atoms with E-state index in [1.54, 1.807) is 6.08 Å². The van der Waals surface area contributed by atoms with Crippen LogP contribution in [0.4, 0.5) is 0 Å². The van der Waals surface area contributed by atoms with Gasteiger partial charge in [-0.25, -0.2) is 0 Å². The summed E-state index contributed by atoms with van der Waals surface area (Å²) in [6, 6.07) is 19.7. The monoisotopic (exact) mass is 310 g/mol. The summed E-state index contributed by atoms with van der Waals surface area (Å²) < 4.78 is 11.1. The summed E-state index contributed by atoms with van der Waals surface area (Å²) in [5.74, 6) is -0.699. The molecule has 0 aliphatic carbocycles. The number of benzene rings is 2. The summed E-state index contributed by atoms with van der Waals surface area (Å²) in [5.41, 5.74) is 2.02. The second-order valence-electron chi connectivity index (χ2n) is 5.28. The minimum absolute atomic E-state index is 0.285. The van der Waals surface area contributed by atoms with Gasteiger partial charge in [0.25, 0.3) is 0 Å². The molecule has 0 fully saturated rings. The van der Waals surface area contributed by atoms with Crippen molar-refractivity contribution in [2.75, 3.05) is 7.11 Å². The molecule has 23 heavy (non-hydrogen) atoms. The van der Waals surface area contributed by atoms with Gasteiger partial charge in [-0.05, 0) is 17.5 Å². The smallest absolute Gasteiger partial charge is 0.311 e. The molecule has 3 heteroatoms. The van der Waals surface area contributed by atoms with Gasteiger partial charge in [0.2, 0.25) is 0 Å².